The van der Waals surface area contributed by atoms with E-state index in [1.165, 1.54) is 37.2 Å². The summed E-state index contributed by atoms with van der Waals surface area (Å²) in [5.41, 5.74) is 2.43. The van der Waals surface area contributed by atoms with Crippen LogP contribution in [0.15, 0.2) is 35.5 Å². The van der Waals surface area contributed by atoms with E-state index < -0.39 is 0 Å². The molecule has 0 unspecified atom stereocenters. The lowest BCUT2D eigenvalue weighted by molar-refractivity contribution is 0.118. The molecule has 3 heterocycles. The standard InChI is InChI=1S/C14H18N2O.ClH/c1-2-4-12(5-3-1)11-17-15-14-10-16-8-6-13(14)7-9-16;/h1-5,13H,6-11H2;1H. The normalized spacial score (nSPS) is 27.9. The van der Waals surface area contributed by atoms with Crippen LogP contribution in [0.4, 0.5) is 0 Å². The van der Waals surface area contributed by atoms with E-state index in [2.05, 4.69) is 22.2 Å². The molecule has 0 radical (unpaired) electrons. The molecule has 0 aliphatic carbocycles. The average Bonchev–Trinajstić information content (AvgIpc) is 2.41. The van der Waals surface area contributed by atoms with Crippen molar-refractivity contribution in [3.63, 3.8) is 0 Å². The summed E-state index contributed by atoms with van der Waals surface area (Å²) >= 11 is 0. The Kier molecular flexibility index (Phi) is 4.61. The van der Waals surface area contributed by atoms with E-state index in [9.17, 15) is 0 Å². The molecule has 0 N–H and O–H groups in total. The van der Waals surface area contributed by atoms with Crippen molar-refractivity contribution in [3.05, 3.63) is 35.9 Å². The van der Waals surface area contributed by atoms with Gasteiger partial charge in [-0.15, -0.1) is 12.4 Å². The summed E-state index contributed by atoms with van der Waals surface area (Å²) in [7, 11) is 0. The molecule has 1 aromatic rings. The quantitative estimate of drug-likeness (QED) is 0.786. The van der Waals surface area contributed by atoms with Gasteiger partial charge < -0.3 is 4.84 Å². The van der Waals surface area contributed by atoms with Crippen molar-refractivity contribution in [2.45, 2.75) is 19.4 Å². The van der Waals surface area contributed by atoms with Crippen LogP contribution in [0.25, 0.3) is 0 Å². The topological polar surface area (TPSA) is 24.8 Å². The van der Waals surface area contributed by atoms with E-state index >= 15 is 0 Å². The van der Waals surface area contributed by atoms with Crippen LogP contribution < -0.4 is 0 Å². The summed E-state index contributed by atoms with van der Waals surface area (Å²) < 4.78 is 0. The largest absolute Gasteiger partial charge is 0.391 e. The molecule has 0 atom stereocenters. The van der Waals surface area contributed by atoms with Crippen molar-refractivity contribution in [2.24, 2.45) is 11.1 Å². The van der Waals surface area contributed by atoms with Gasteiger partial charge >= 0.3 is 0 Å². The molecule has 18 heavy (non-hydrogen) atoms. The first-order chi connectivity index (χ1) is 8.42. The maximum atomic E-state index is 5.47. The minimum absolute atomic E-state index is 0. The predicted molar refractivity (Wildman–Crippen MR) is 75.1 cm³/mol. The van der Waals surface area contributed by atoms with E-state index in [1.807, 2.05) is 18.2 Å². The van der Waals surface area contributed by atoms with Gasteiger partial charge in [-0.25, -0.2) is 0 Å². The van der Waals surface area contributed by atoms with Crippen molar-refractivity contribution in [2.75, 3.05) is 19.6 Å². The molecule has 0 amide bonds. The third-order valence-corrected chi connectivity index (χ3v) is 3.70. The second-order valence-corrected chi connectivity index (χ2v) is 4.89. The molecule has 3 nitrogen and oxygen atoms in total. The highest BCUT2D eigenvalue weighted by atomic mass is 35.5. The van der Waals surface area contributed by atoms with Gasteiger partial charge in [-0.3, -0.25) is 4.90 Å². The Balaban J connectivity index is 0.00000120. The summed E-state index contributed by atoms with van der Waals surface area (Å²) in [4.78, 5) is 7.94. The summed E-state index contributed by atoms with van der Waals surface area (Å²) in [5, 5.41) is 4.34. The van der Waals surface area contributed by atoms with Crippen molar-refractivity contribution < 1.29 is 4.84 Å². The maximum Gasteiger partial charge on any atom is 0.142 e. The molecule has 3 aliphatic rings. The second kappa shape index (κ2) is 6.21. The monoisotopic (exact) mass is 266 g/mol. The average molecular weight is 267 g/mol. The van der Waals surface area contributed by atoms with Crippen LogP contribution in [-0.2, 0) is 11.4 Å². The van der Waals surface area contributed by atoms with Crippen molar-refractivity contribution in [1.29, 1.82) is 0 Å². The van der Waals surface area contributed by atoms with Gasteiger partial charge in [0.2, 0.25) is 0 Å². The van der Waals surface area contributed by atoms with Crippen molar-refractivity contribution in [1.82, 2.24) is 4.90 Å². The Labute approximate surface area is 114 Å². The highest BCUT2D eigenvalue weighted by Gasteiger charge is 2.31. The molecule has 1 aromatic carbocycles. The van der Waals surface area contributed by atoms with Gasteiger partial charge in [0.25, 0.3) is 0 Å². The zero-order valence-corrected chi connectivity index (χ0v) is 11.2. The van der Waals surface area contributed by atoms with Gasteiger partial charge in [0, 0.05) is 12.5 Å². The minimum atomic E-state index is 0. The molecule has 98 valence electrons. The Morgan fingerprint density at radius 2 is 1.89 bits per heavy atom. The summed E-state index contributed by atoms with van der Waals surface area (Å²) in [6.45, 7) is 4.07. The Morgan fingerprint density at radius 1 is 1.17 bits per heavy atom. The smallest absolute Gasteiger partial charge is 0.142 e. The van der Waals surface area contributed by atoms with E-state index in [0.717, 1.165) is 6.54 Å². The van der Waals surface area contributed by atoms with Gasteiger partial charge in [-0.2, -0.15) is 0 Å². The number of halogens is 1. The Morgan fingerprint density at radius 3 is 2.50 bits per heavy atom. The maximum absolute atomic E-state index is 5.47. The lowest BCUT2D eigenvalue weighted by Crippen LogP contribution is -2.47. The molecular formula is C14H19ClN2O. The van der Waals surface area contributed by atoms with Gasteiger partial charge in [0.05, 0.1) is 5.71 Å². The SMILES string of the molecule is Cl.c1ccc(CON=C2CN3CCC2CC3)cc1. The Hall–Kier alpha value is -1.06. The van der Waals surface area contributed by atoms with E-state index in [4.69, 9.17) is 4.84 Å². The van der Waals surface area contributed by atoms with Crippen LogP contribution in [0.2, 0.25) is 0 Å². The van der Waals surface area contributed by atoms with Crippen LogP contribution in [0.1, 0.15) is 18.4 Å². The molecule has 0 saturated carbocycles. The third kappa shape index (κ3) is 3.03. The Bertz CT molecular complexity index is 400. The van der Waals surface area contributed by atoms with Crippen LogP contribution in [0.5, 0.6) is 0 Å². The highest BCUT2D eigenvalue weighted by molar-refractivity contribution is 5.89. The fraction of sp³-hybridized carbons (Fsp3) is 0.500. The summed E-state index contributed by atoms with van der Waals surface area (Å²) in [6, 6.07) is 10.2. The first kappa shape index (κ1) is 13.4. The van der Waals surface area contributed by atoms with Gasteiger partial charge in [0.1, 0.15) is 6.61 Å². The first-order valence-corrected chi connectivity index (χ1v) is 6.37. The van der Waals surface area contributed by atoms with Crippen LogP contribution in [0.3, 0.4) is 0 Å². The van der Waals surface area contributed by atoms with Crippen molar-refractivity contribution in [3.8, 4) is 0 Å². The number of benzene rings is 1. The zero-order valence-electron chi connectivity index (χ0n) is 10.4. The van der Waals surface area contributed by atoms with Crippen LogP contribution >= 0.6 is 12.4 Å². The predicted octanol–water partition coefficient (Wildman–Crippen LogP) is 2.71. The fourth-order valence-electron chi connectivity index (χ4n) is 2.65. The van der Waals surface area contributed by atoms with Crippen molar-refractivity contribution >= 4 is 18.1 Å². The van der Waals surface area contributed by atoms with E-state index in [1.54, 1.807) is 0 Å². The molecule has 3 saturated heterocycles. The minimum Gasteiger partial charge on any atom is -0.391 e. The lowest BCUT2D eigenvalue weighted by Gasteiger charge is -2.39. The van der Waals surface area contributed by atoms with E-state index in [0.29, 0.717) is 12.5 Å². The second-order valence-electron chi connectivity index (χ2n) is 4.89. The highest BCUT2D eigenvalue weighted by Crippen LogP contribution is 2.25. The van der Waals surface area contributed by atoms with Gasteiger partial charge in [-0.05, 0) is 31.5 Å². The number of hydrogen-bond donors (Lipinski definition) is 0. The number of piperidine rings is 3. The molecule has 4 heteroatoms. The van der Waals surface area contributed by atoms with Gasteiger partial charge in [0.15, 0.2) is 0 Å². The first-order valence-electron chi connectivity index (χ1n) is 6.37. The fourth-order valence-corrected chi connectivity index (χ4v) is 2.65. The van der Waals surface area contributed by atoms with Gasteiger partial charge in [-0.1, -0.05) is 35.5 Å². The number of oxime groups is 1. The molecule has 3 aliphatic heterocycles. The number of rotatable bonds is 3. The molecule has 2 bridgehead atoms. The zero-order chi connectivity index (χ0) is 11.5. The molecular weight excluding hydrogens is 248 g/mol. The number of hydrogen-bond acceptors (Lipinski definition) is 3. The third-order valence-electron chi connectivity index (χ3n) is 3.70. The van der Waals surface area contributed by atoms with Crippen LogP contribution in [0, 0.1) is 5.92 Å². The number of nitrogens with zero attached hydrogens (tertiary/aromatic N) is 2. The number of fused-ring (bicyclic) bond motifs is 3. The van der Waals surface area contributed by atoms with E-state index in [-0.39, 0.29) is 12.4 Å². The lowest BCUT2D eigenvalue weighted by atomic mass is 9.87. The summed E-state index contributed by atoms with van der Waals surface area (Å²) in [5.74, 6) is 0.677. The molecule has 0 aromatic heterocycles. The molecule has 3 fully saturated rings. The molecule has 0 spiro atoms. The summed E-state index contributed by atoms with van der Waals surface area (Å²) in [6.07, 6.45) is 2.51. The molecule has 4 rings (SSSR count). The van der Waals surface area contributed by atoms with Crippen LogP contribution in [-0.4, -0.2) is 30.2 Å².